The molecule has 0 fully saturated rings. The lowest BCUT2D eigenvalue weighted by Gasteiger charge is -2.23. The maximum Gasteiger partial charge on any atom is 0.397 e. The van der Waals surface area contributed by atoms with Crippen LogP contribution in [0.25, 0.3) is 0 Å². The van der Waals surface area contributed by atoms with Crippen LogP contribution in [0.15, 0.2) is 0 Å². The molecule has 0 radical (unpaired) electrons. The molecule has 0 aliphatic carbocycles. The SMILES string of the molecule is CC[C@@H](NS(=O)(=O)O)C(O)CC(O)COS(=O)(=O)O. The highest BCUT2D eigenvalue weighted by atomic mass is 32.3. The fourth-order valence-electron chi connectivity index (χ4n) is 1.30. The van der Waals surface area contributed by atoms with E-state index in [1.54, 1.807) is 4.72 Å². The van der Waals surface area contributed by atoms with Crippen LogP contribution in [0.1, 0.15) is 19.8 Å². The molecule has 5 N–H and O–H groups in total. The lowest BCUT2D eigenvalue weighted by atomic mass is 10.0. The summed E-state index contributed by atoms with van der Waals surface area (Å²) < 4.78 is 64.1. The minimum absolute atomic E-state index is 0.118. The fourth-order valence-corrected chi connectivity index (χ4v) is 2.34. The van der Waals surface area contributed by atoms with E-state index >= 15 is 0 Å². The monoisotopic (exact) mass is 323 g/mol. The van der Waals surface area contributed by atoms with Gasteiger partial charge in [0.15, 0.2) is 0 Å². The van der Waals surface area contributed by atoms with Gasteiger partial charge in [-0.25, -0.2) is 4.18 Å². The van der Waals surface area contributed by atoms with E-state index in [0.717, 1.165) is 0 Å². The average molecular weight is 323 g/mol. The van der Waals surface area contributed by atoms with Gasteiger partial charge in [0.1, 0.15) is 0 Å². The third kappa shape index (κ3) is 10.1. The fraction of sp³-hybridized carbons (Fsp3) is 1.00. The van der Waals surface area contributed by atoms with Crippen LogP contribution in [0.2, 0.25) is 0 Å². The second-order valence-electron chi connectivity index (χ2n) is 3.78. The Bertz CT molecular complexity index is 459. The second-order valence-corrected chi connectivity index (χ2v) is 6.05. The van der Waals surface area contributed by atoms with Crippen molar-refractivity contribution in [3.8, 4) is 0 Å². The molecule has 19 heavy (non-hydrogen) atoms. The molecule has 0 rings (SSSR count). The maximum atomic E-state index is 10.6. The molecule has 12 heteroatoms. The van der Waals surface area contributed by atoms with Gasteiger partial charge in [0.25, 0.3) is 0 Å². The molecule has 0 saturated heterocycles. The zero-order valence-corrected chi connectivity index (χ0v) is 11.6. The van der Waals surface area contributed by atoms with Gasteiger partial charge in [-0.2, -0.15) is 21.6 Å². The molecule has 116 valence electrons. The Kier molecular flexibility index (Phi) is 7.31. The van der Waals surface area contributed by atoms with Crippen molar-refractivity contribution in [2.45, 2.75) is 38.0 Å². The van der Waals surface area contributed by atoms with Crippen LogP contribution in [0, 0.1) is 0 Å². The first-order valence-corrected chi connectivity index (χ1v) is 7.97. The molecular weight excluding hydrogens is 306 g/mol. The summed E-state index contributed by atoms with van der Waals surface area (Å²) in [4.78, 5) is 0. The Hall–Kier alpha value is -0.340. The summed E-state index contributed by atoms with van der Waals surface area (Å²) in [6.07, 6.45) is -3.13. The molecule has 10 nitrogen and oxygen atoms in total. The van der Waals surface area contributed by atoms with Crippen LogP contribution in [0.5, 0.6) is 0 Å². The summed E-state index contributed by atoms with van der Waals surface area (Å²) in [5.74, 6) is 0. The first kappa shape index (κ1) is 18.7. The van der Waals surface area contributed by atoms with Crippen molar-refractivity contribution in [3.05, 3.63) is 0 Å². The van der Waals surface area contributed by atoms with Gasteiger partial charge in [0.2, 0.25) is 0 Å². The molecule has 0 spiro atoms. The normalized spacial score (nSPS) is 17.9. The molecule has 0 aromatic rings. The van der Waals surface area contributed by atoms with Gasteiger partial charge in [-0.3, -0.25) is 9.11 Å². The summed E-state index contributed by atoms with van der Waals surface area (Å²) in [7, 11) is -9.21. The predicted octanol–water partition coefficient (Wildman–Crippen LogP) is -1.91. The smallest absolute Gasteiger partial charge is 0.391 e. The number of aliphatic hydroxyl groups is 2. The van der Waals surface area contributed by atoms with Crippen LogP contribution < -0.4 is 4.72 Å². The number of hydrogen-bond acceptors (Lipinski definition) is 7. The van der Waals surface area contributed by atoms with Crippen LogP contribution in [-0.2, 0) is 24.9 Å². The number of hydrogen-bond donors (Lipinski definition) is 5. The van der Waals surface area contributed by atoms with E-state index in [9.17, 15) is 27.0 Å². The third-order valence-electron chi connectivity index (χ3n) is 2.13. The maximum absolute atomic E-state index is 10.6. The number of rotatable bonds is 9. The van der Waals surface area contributed by atoms with Crippen molar-refractivity contribution in [2.24, 2.45) is 0 Å². The molecule has 0 aromatic carbocycles. The molecular formula is C7H17NO9S2. The zero-order chi connectivity index (χ0) is 15.3. The number of aliphatic hydroxyl groups excluding tert-OH is 2. The summed E-state index contributed by atoms with van der Waals surface area (Å²) in [5.41, 5.74) is 0. The highest BCUT2D eigenvalue weighted by Gasteiger charge is 2.25. The summed E-state index contributed by atoms with van der Waals surface area (Å²) >= 11 is 0. The number of nitrogens with one attached hydrogen (secondary N) is 1. The zero-order valence-electron chi connectivity index (χ0n) is 10.00. The topological polar surface area (TPSA) is 170 Å². The van der Waals surface area contributed by atoms with Gasteiger partial charge in [0.05, 0.1) is 18.8 Å². The Labute approximate surface area is 111 Å². The molecule has 2 unspecified atom stereocenters. The van der Waals surface area contributed by atoms with E-state index in [1.165, 1.54) is 6.92 Å². The average Bonchev–Trinajstić information content (AvgIpc) is 2.20. The minimum Gasteiger partial charge on any atom is -0.391 e. The highest BCUT2D eigenvalue weighted by molar-refractivity contribution is 7.83. The first-order chi connectivity index (χ1) is 8.44. The van der Waals surface area contributed by atoms with Crippen molar-refractivity contribution in [1.29, 1.82) is 0 Å². The molecule has 3 atom stereocenters. The molecule has 0 heterocycles. The van der Waals surface area contributed by atoms with E-state index in [4.69, 9.17) is 9.11 Å². The van der Waals surface area contributed by atoms with Crippen LogP contribution in [-0.4, -0.2) is 61.0 Å². The van der Waals surface area contributed by atoms with Gasteiger partial charge in [-0.1, -0.05) is 6.92 Å². The van der Waals surface area contributed by atoms with Gasteiger partial charge in [-0.15, -0.1) is 0 Å². The lowest BCUT2D eigenvalue weighted by Crippen LogP contribution is -2.44. The van der Waals surface area contributed by atoms with Crippen molar-refractivity contribution in [3.63, 3.8) is 0 Å². The summed E-state index contributed by atoms with van der Waals surface area (Å²) in [6, 6.07) is -1.06. The minimum atomic E-state index is -4.70. The molecule has 0 aromatic heterocycles. The van der Waals surface area contributed by atoms with Crippen molar-refractivity contribution >= 4 is 20.7 Å². The molecule has 0 saturated carbocycles. The van der Waals surface area contributed by atoms with Crippen molar-refractivity contribution < 1.29 is 40.3 Å². The summed E-state index contributed by atoms with van der Waals surface area (Å²) in [6.45, 7) is 0.728. The van der Waals surface area contributed by atoms with Crippen LogP contribution in [0.3, 0.4) is 0 Å². The van der Waals surface area contributed by atoms with Gasteiger partial charge >= 0.3 is 20.7 Å². The first-order valence-electron chi connectivity index (χ1n) is 5.17. The standard InChI is InChI=1S/C7H17NO9S2/c1-2-6(8-18(11,12)13)7(10)3-5(9)4-17-19(14,15)16/h5-10H,2-4H2,1H3,(H,11,12,13)(H,14,15,16)/t5?,6-,7?/m1/s1. The molecule has 0 aliphatic heterocycles. The Morgan fingerprint density at radius 3 is 2.05 bits per heavy atom. The molecule has 0 bridgehead atoms. The summed E-state index contributed by atoms with van der Waals surface area (Å²) in [5, 5.41) is 18.9. The Balaban J connectivity index is 4.36. The Morgan fingerprint density at radius 2 is 1.68 bits per heavy atom. The Morgan fingerprint density at radius 1 is 1.16 bits per heavy atom. The second kappa shape index (κ2) is 7.44. The molecule has 0 aliphatic rings. The predicted molar refractivity (Wildman–Crippen MR) is 62.9 cm³/mol. The third-order valence-corrected chi connectivity index (χ3v) is 3.16. The largest absolute Gasteiger partial charge is 0.397 e. The lowest BCUT2D eigenvalue weighted by molar-refractivity contribution is 0.0340. The van der Waals surface area contributed by atoms with E-state index in [-0.39, 0.29) is 6.42 Å². The molecule has 0 amide bonds. The van der Waals surface area contributed by atoms with Gasteiger partial charge < -0.3 is 10.2 Å². The van der Waals surface area contributed by atoms with Crippen LogP contribution >= 0.6 is 0 Å². The van der Waals surface area contributed by atoms with Gasteiger partial charge in [0, 0.05) is 12.5 Å². The van der Waals surface area contributed by atoms with Crippen LogP contribution in [0.4, 0.5) is 0 Å². The highest BCUT2D eigenvalue weighted by Crippen LogP contribution is 2.08. The van der Waals surface area contributed by atoms with E-state index < -0.39 is 52.0 Å². The van der Waals surface area contributed by atoms with E-state index in [1.807, 2.05) is 0 Å². The van der Waals surface area contributed by atoms with Crippen molar-refractivity contribution in [1.82, 2.24) is 4.72 Å². The quantitative estimate of drug-likeness (QED) is 0.304. The van der Waals surface area contributed by atoms with E-state index in [0.29, 0.717) is 0 Å². The van der Waals surface area contributed by atoms with E-state index in [2.05, 4.69) is 4.18 Å². The van der Waals surface area contributed by atoms with Gasteiger partial charge in [-0.05, 0) is 6.42 Å². The van der Waals surface area contributed by atoms with Crippen molar-refractivity contribution in [2.75, 3.05) is 6.61 Å².